The predicted octanol–water partition coefficient (Wildman–Crippen LogP) is 0.797. The van der Waals surface area contributed by atoms with E-state index in [1.165, 1.54) is 0 Å². The van der Waals surface area contributed by atoms with Crippen molar-refractivity contribution in [1.29, 1.82) is 0 Å². The summed E-state index contributed by atoms with van der Waals surface area (Å²) in [5.74, 6) is 1.99. The van der Waals surface area contributed by atoms with Gasteiger partial charge >= 0.3 is 0 Å². The molecule has 0 N–H and O–H groups in total. The maximum atomic E-state index is 5.11. The second-order valence-corrected chi connectivity index (χ2v) is 3.43. The molecule has 4 heteroatoms. The fourth-order valence-electron chi connectivity index (χ4n) is 1.62. The summed E-state index contributed by atoms with van der Waals surface area (Å²) in [5.41, 5.74) is 0. The molecule has 1 unspecified atom stereocenters. The molecule has 0 spiro atoms. The standard InChI is InChI=1S/C8H13N3O/c1-6-9-8(12-10-6)7-3-4-11(2)5-7/h7H,3-5H2,1-2H3. The molecule has 4 nitrogen and oxygen atoms in total. The molecule has 1 aliphatic heterocycles. The van der Waals surface area contributed by atoms with Gasteiger partial charge in [-0.15, -0.1) is 0 Å². The second kappa shape index (κ2) is 2.86. The molecule has 0 bridgehead atoms. The molecule has 1 aliphatic rings. The van der Waals surface area contributed by atoms with E-state index in [9.17, 15) is 0 Å². The molecule has 1 saturated heterocycles. The van der Waals surface area contributed by atoms with Crippen LogP contribution >= 0.6 is 0 Å². The largest absolute Gasteiger partial charge is 0.339 e. The highest BCUT2D eigenvalue weighted by atomic mass is 16.5. The first-order valence-corrected chi connectivity index (χ1v) is 4.24. The van der Waals surface area contributed by atoms with Crippen LogP contribution in [0.25, 0.3) is 0 Å². The number of hydrogen-bond donors (Lipinski definition) is 0. The molecule has 0 saturated carbocycles. The minimum absolute atomic E-state index is 0.455. The van der Waals surface area contributed by atoms with E-state index in [0.29, 0.717) is 5.92 Å². The van der Waals surface area contributed by atoms with Gasteiger partial charge in [-0.2, -0.15) is 4.98 Å². The van der Waals surface area contributed by atoms with Crippen LogP contribution in [0.5, 0.6) is 0 Å². The summed E-state index contributed by atoms with van der Waals surface area (Å²) >= 11 is 0. The van der Waals surface area contributed by atoms with Crippen LogP contribution in [0.4, 0.5) is 0 Å². The van der Waals surface area contributed by atoms with E-state index in [2.05, 4.69) is 22.1 Å². The lowest BCUT2D eigenvalue weighted by atomic mass is 10.1. The van der Waals surface area contributed by atoms with Gasteiger partial charge in [0.2, 0.25) is 5.89 Å². The SMILES string of the molecule is Cc1noc(C2CCN(C)C2)n1. The van der Waals surface area contributed by atoms with Gasteiger partial charge in [-0.05, 0) is 26.9 Å². The van der Waals surface area contributed by atoms with Crippen molar-refractivity contribution in [3.63, 3.8) is 0 Å². The van der Waals surface area contributed by atoms with Gasteiger partial charge in [0.15, 0.2) is 5.82 Å². The first-order chi connectivity index (χ1) is 5.75. The molecule has 2 heterocycles. The summed E-state index contributed by atoms with van der Waals surface area (Å²) in [6, 6.07) is 0. The van der Waals surface area contributed by atoms with E-state index in [1.54, 1.807) is 0 Å². The lowest BCUT2D eigenvalue weighted by Gasteiger charge is -2.04. The van der Waals surface area contributed by atoms with Gasteiger partial charge in [0.25, 0.3) is 0 Å². The van der Waals surface area contributed by atoms with Crippen LogP contribution in [0.3, 0.4) is 0 Å². The Morgan fingerprint density at radius 3 is 2.92 bits per heavy atom. The zero-order valence-electron chi connectivity index (χ0n) is 7.45. The molecule has 1 aromatic heterocycles. The zero-order chi connectivity index (χ0) is 8.55. The molecule has 1 aromatic rings. The summed E-state index contributed by atoms with van der Waals surface area (Å²) in [6.07, 6.45) is 1.14. The first-order valence-electron chi connectivity index (χ1n) is 4.24. The van der Waals surface area contributed by atoms with Gasteiger partial charge in [-0.3, -0.25) is 0 Å². The molecule has 0 aliphatic carbocycles. The van der Waals surface area contributed by atoms with Crippen molar-refractivity contribution >= 4 is 0 Å². The summed E-state index contributed by atoms with van der Waals surface area (Å²) < 4.78 is 5.11. The number of likely N-dealkylation sites (tertiary alicyclic amines) is 1. The molecule has 0 aromatic carbocycles. The highest BCUT2D eigenvalue weighted by Gasteiger charge is 2.25. The number of rotatable bonds is 1. The van der Waals surface area contributed by atoms with Crippen molar-refractivity contribution in [2.45, 2.75) is 19.3 Å². The fourth-order valence-corrected chi connectivity index (χ4v) is 1.62. The Morgan fingerprint density at radius 2 is 2.42 bits per heavy atom. The summed E-state index contributed by atoms with van der Waals surface area (Å²) in [4.78, 5) is 6.50. The van der Waals surface area contributed by atoms with Crippen molar-refractivity contribution in [2.24, 2.45) is 0 Å². The highest BCUT2D eigenvalue weighted by molar-refractivity contribution is 4.97. The fraction of sp³-hybridized carbons (Fsp3) is 0.750. The Hall–Kier alpha value is -0.900. The van der Waals surface area contributed by atoms with Crippen molar-refractivity contribution in [2.75, 3.05) is 20.1 Å². The molecule has 2 rings (SSSR count). The van der Waals surface area contributed by atoms with Gasteiger partial charge in [-0.1, -0.05) is 5.16 Å². The molecule has 0 radical (unpaired) electrons. The van der Waals surface area contributed by atoms with Crippen molar-refractivity contribution in [1.82, 2.24) is 15.0 Å². The molecular formula is C8H13N3O. The number of likely N-dealkylation sites (N-methyl/N-ethyl adjacent to an activating group) is 1. The van der Waals surface area contributed by atoms with Crippen LogP contribution in [-0.2, 0) is 0 Å². The van der Waals surface area contributed by atoms with Gasteiger partial charge in [-0.25, -0.2) is 0 Å². The third-order valence-corrected chi connectivity index (χ3v) is 2.28. The second-order valence-electron chi connectivity index (χ2n) is 3.43. The summed E-state index contributed by atoms with van der Waals surface area (Å²) in [6.45, 7) is 4.03. The quantitative estimate of drug-likeness (QED) is 0.620. The summed E-state index contributed by atoms with van der Waals surface area (Å²) in [7, 11) is 2.11. The van der Waals surface area contributed by atoms with Crippen LogP contribution in [-0.4, -0.2) is 35.2 Å². The van der Waals surface area contributed by atoms with Crippen LogP contribution in [0.2, 0.25) is 0 Å². The molecule has 1 fully saturated rings. The van der Waals surface area contributed by atoms with Crippen molar-refractivity contribution in [3.8, 4) is 0 Å². The Morgan fingerprint density at radius 1 is 1.58 bits per heavy atom. The van der Waals surface area contributed by atoms with Crippen molar-refractivity contribution in [3.05, 3.63) is 11.7 Å². The average Bonchev–Trinajstić information content (AvgIpc) is 2.58. The lowest BCUT2D eigenvalue weighted by molar-refractivity contribution is 0.342. The molecular weight excluding hydrogens is 154 g/mol. The van der Waals surface area contributed by atoms with Crippen LogP contribution < -0.4 is 0 Å². The van der Waals surface area contributed by atoms with E-state index in [0.717, 1.165) is 31.2 Å². The third kappa shape index (κ3) is 1.34. The van der Waals surface area contributed by atoms with Crippen LogP contribution in [0.1, 0.15) is 24.1 Å². The first kappa shape index (κ1) is 7.73. The van der Waals surface area contributed by atoms with E-state index in [4.69, 9.17) is 4.52 Å². The lowest BCUT2D eigenvalue weighted by Crippen LogP contribution is -2.13. The van der Waals surface area contributed by atoms with E-state index >= 15 is 0 Å². The van der Waals surface area contributed by atoms with Gasteiger partial charge in [0, 0.05) is 6.54 Å². The normalized spacial score (nSPS) is 25.0. The van der Waals surface area contributed by atoms with Crippen molar-refractivity contribution < 1.29 is 4.52 Å². The Balaban J connectivity index is 2.11. The molecule has 1 atom stereocenters. The smallest absolute Gasteiger partial charge is 0.231 e. The molecule has 66 valence electrons. The maximum Gasteiger partial charge on any atom is 0.231 e. The van der Waals surface area contributed by atoms with E-state index < -0.39 is 0 Å². The summed E-state index contributed by atoms with van der Waals surface area (Å²) in [5, 5.41) is 3.78. The van der Waals surface area contributed by atoms with Crippen LogP contribution in [0, 0.1) is 6.92 Å². The average molecular weight is 167 g/mol. The minimum atomic E-state index is 0.455. The third-order valence-electron chi connectivity index (χ3n) is 2.28. The number of aryl methyl sites for hydroxylation is 1. The number of aromatic nitrogens is 2. The van der Waals surface area contributed by atoms with Gasteiger partial charge < -0.3 is 9.42 Å². The Bertz CT molecular complexity index is 271. The topological polar surface area (TPSA) is 42.2 Å². The zero-order valence-corrected chi connectivity index (χ0v) is 7.45. The predicted molar refractivity (Wildman–Crippen MR) is 43.9 cm³/mol. The van der Waals surface area contributed by atoms with Gasteiger partial charge in [0.05, 0.1) is 5.92 Å². The monoisotopic (exact) mass is 167 g/mol. The Labute approximate surface area is 71.6 Å². The Kier molecular flexibility index (Phi) is 1.84. The molecule has 12 heavy (non-hydrogen) atoms. The maximum absolute atomic E-state index is 5.11. The van der Waals surface area contributed by atoms with E-state index in [-0.39, 0.29) is 0 Å². The number of hydrogen-bond acceptors (Lipinski definition) is 4. The van der Waals surface area contributed by atoms with Crippen LogP contribution in [0.15, 0.2) is 4.52 Å². The highest BCUT2D eigenvalue weighted by Crippen LogP contribution is 2.24. The minimum Gasteiger partial charge on any atom is -0.339 e. The number of nitrogens with zero attached hydrogens (tertiary/aromatic N) is 3. The van der Waals surface area contributed by atoms with Gasteiger partial charge in [0.1, 0.15) is 0 Å². The molecule has 0 amide bonds. The van der Waals surface area contributed by atoms with E-state index in [1.807, 2.05) is 6.92 Å².